The minimum atomic E-state index is 0.0194. The fourth-order valence-corrected chi connectivity index (χ4v) is 3.51. The highest BCUT2D eigenvalue weighted by atomic mass is 79.9. The van der Waals surface area contributed by atoms with Gasteiger partial charge in [0.2, 0.25) is 0 Å². The number of thioether (sulfide) groups is 1. The van der Waals surface area contributed by atoms with Gasteiger partial charge in [-0.05, 0) is 54.1 Å². The van der Waals surface area contributed by atoms with E-state index in [0.717, 1.165) is 22.1 Å². The van der Waals surface area contributed by atoms with Crippen LogP contribution >= 0.6 is 27.7 Å². The lowest BCUT2D eigenvalue weighted by molar-refractivity contribution is 0.0943. The molecule has 0 unspecified atom stereocenters. The van der Waals surface area contributed by atoms with Crippen LogP contribution in [0.2, 0.25) is 0 Å². The summed E-state index contributed by atoms with van der Waals surface area (Å²) in [6.45, 7) is 2.77. The van der Waals surface area contributed by atoms with Crippen LogP contribution in [0.1, 0.15) is 35.2 Å². The van der Waals surface area contributed by atoms with E-state index in [9.17, 15) is 4.79 Å². The van der Waals surface area contributed by atoms with Gasteiger partial charge in [-0.25, -0.2) is 0 Å². The molecule has 0 heterocycles. The molecular formula is C14H18BrNOS. The molecular weight excluding hydrogens is 310 g/mol. The first-order valence-corrected chi connectivity index (χ1v) is 8.18. The van der Waals surface area contributed by atoms with Gasteiger partial charge in [0.15, 0.2) is 0 Å². The van der Waals surface area contributed by atoms with Gasteiger partial charge in [0.25, 0.3) is 5.91 Å². The summed E-state index contributed by atoms with van der Waals surface area (Å²) >= 11 is 5.31. The smallest absolute Gasteiger partial charge is 0.252 e. The second kappa shape index (κ2) is 5.66. The summed E-state index contributed by atoms with van der Waals surface area (Å²) < 4.78 is 1.14. The van der Waals surface area contributed by atoms with Gasteiger partial charge < -0.3 is 5.32 Å². The number of hydrogen-bond donors (Lipinski definition) is 1. The van der Waals surface area contributed by atoms with E-state index in [2.05, 4.69) is 27.5 Å². The zero-order valence-electron chi connectivity index (χ0n) is 10.8. The lowest BCUT2D eigenvalue weighted by Crippen LogP contribution is -2.45. The van der Waals surface area contributed by atoms with E-state index in [1.165, 1.54) is 19.3 Å². The van der Waals surface area contributed by atoms with Crippen LogP contribution < -0.4 is 5.32 Å². The quantitative estimate of drug-likeness (QED) is 0.911. The number of hydrogen-bond acceptors (Lipinski definition) is 2. The van der Waals surface area contributed by atoms with E-state index in [0.29, 0.717) is 0 Å². The molecule has 18 heavy (non-hydrogen) atoms. The Bertz CT molecular complexity index is 452. The molecule has 0 aromatic heterocycles. The molecule has 98 valence electrons. The number of carbonyl (C=O) groups excluding carboxylic acids is 1. The van der Waals surface area contributed by atoms with Crippen molar-refractivity contribution in [1.82, 2.24) is 5.32 Å². The predicted molar refractivity (Wildman–Crippen MR) is 81.3 cm³/mol. The molecule has 2 nitrogen and oxygen atoms in total. The number of benzene rings is 1. The third-order valence-corrected chi connectivity index (χ3v) is 5.75. The van der Waals surface area contributed by atoms with E-state index < -0.39 is 0 Å². The van der Waals surface area contributed by atoms with Gasteiger partial charge >= 0.3 is 0 Å². The molecule has 1 saturated carbocycles. The number of amides is 1. The van der Waals surface area contributed by atoms with Crippen LogP contribution in [0.25, 0.3) is 0 Å². The van der Waals surface area contributed by atoms with E-state index in [4.69, 9.17) is 0 Å². The van der Waals surface area contributed by atoms with E-state index in [1.807, 2.05) is 36.9 Å². The molecule has 2 rings (SSSR count). The van der Waals surface area contributed by atoms with Gasteiger partial charge in [0.05, 0.1) is 5.56 Å². The molecule has 1 amide bonds. The van der Waals surface area contributed by atoms with Crippen molar-refractivity contribution in [3.05, 3.63) is 33.8 Å². The summed E-state index contributed by atoms with van der Waals surface area (Å²) in [5.74, 6) is 0.0194. The number of nitrogens with one attached hydrogen (secondary N) is 1. The van der Waals surface area contributed by atoms with Crippen LogP contribution in [0.15, 0.2) is 22.7 Å². The Morgan fingerprint density at radius 1 is 1.50 bits per heavy atom. The van der Waals surface area contributed by atoms with Crippen LogP contribution in [0.5, 0.6) is 0 Å². The minimum absolute atomic E-state index is 0.0194. The first kappa shape index (κ1) is 13.9. The second-order valence-corrected chi connectivity index (χ2v) is 7.04. The minimum Gasteiger partial charge on any atom is -0.351 e. The molecule has 4 heteroatoms. The van der Waals surface area contributed by atoms with Gasteiger partial charge in [0.1, 0.15) is 0 Å². The maximum absolute atomic E-state index is 12.2. The standard InChI is InChI=1S/C14H18BrNOS/c1-10-4-5-12(15)11(8-10)13(17)16-9-14(18-2)6-3-7-14/h4-5,8H,3,6-7,9H2,1-2H3,(H,16,17). The van der Waals surface area contributed by atoms with Crippen LogP contribution in [0, 0.1) is 6.92 Å². The maximum atomic E-state index is 12.2. The second-order valence-electron chi connectivity index (χ2n) is 4.91. The van der Waals surface area contributed by atoms with Crippen molar-refractivity contribution in [3.8, 4) is 0 Å². The van der Waals surface area contributed by atoms with Crippen LogP contribution in [0.3, 0.4) is 0 Å². The summed E-state index contributed by atoms with van der Waals surface area (Å²) in [5, 5.41) is 3.07. The number of carbonyl (C=O) groups is 1. The van der Waals surface area contributed by atoms with Gasteiger partial charge in [-0.15, -0.1) is 0 Å². The van der Waals surface area contributed by atoms with Crippen LogP contribution in [-0.4, -0.2) is 23.5 Å². The first-order chi connectivity index (χ1) is 8.56. The molecule has 0 saturated heterocycles. The van der Waals surface area contributed by atoms with E-state index >= 15 is 0 Å². The Labute approximate surface area is 121 Å². The average molecular weight is 328 g/mol. The van der Waals surface area contributed by atoms with Crippen molar-refractivity contribution in [3.63, 3.8) is 0 Å². The molecule has 1 N–H and O–H groups in total. The summed E-state index contributed by atoms with van der Waals surface area (Å²) in [6, 6.07) is 5.85. The number of aryl methyl sites for hydroxylation is 1. The molecule has 0 aliphatic heterocycles. The molecule has 0 radical (unpaired) electrons. The zero-order chi connectivity index (χ0) is 13.2. The summed E-state index contributed by atoms with van der Waals surface area (Å²) in [7, 11) is 0. The van der Waals surface area contributed by atoms with Crippen LogP contribution in [-0.2, 0) is 0 Å². The molecule has 1 aliphatic rings. The van der Waals surface area contributed by atoms with Gasteiger partial charge in [-0.1, -0.05) is 18.1 Å². The fraction of sp³-hybridized carbons (Fsp3) is 0.500. The normalized spacial score (nSPS) is 17.1. The molecule has 1 aromatic rings. The average Bonchev–Trinajstić information content (AvgIpc) is 2.31. The third-order valence-electron chi connectivity index (χ3n) is 3.64. The SMILES string of the molecule is CSC1(CNC(=O)c2cc(C)ccc2Br)CCC1. The highest BCUT2D eigenvalue weighted by Crippen LogP contribution is 2.42. The lowest BCUT2D eigenvalue weighted by atomic mass is 9.84. The highest BCUT2D eigenvalue weighted by Gasteiger charge is 2.36. The summed E-state index contributed by atoms with van der Waals surface area (Å²) in [6.07, 6.45) is 5.84. The van der Waals surface area contributed by atoms with Crippen molar-refractivity contribution >= 4 is 33.6 Å². The predicted octanol–water partition coefficient (Wildman–Crippen LogP) is 3.77. The van der Waals surface area contributed by atoms with Crippen molar-refractivity contribution in [2.24, 2.45) is 0 Å². The molecule has 1 fully saturated rings. The van der Waals surface area contributed by atoms with Crippen molar-refractivity contribution in [2.45, 2.75) is 30.9 Å². The third kappa shape index (κ3) is 2.91. The molecule has 1 aliphatic carbocycles. The van der Waals surface area contributed by atoms with Gasteiger partial charge in [0, 0.05) is 15.8 Å². The number of halogens is 1. The van der Waals surface area contributed by atoms with E-state index in [-0.39, 0.29) is 10.7 Å². The summed E-state index contributed by atoms with van der Waals surface area (Å²) in [4.78, 5) is 12.2. The van der Waals surface area contributed by atoms with Crippen molar-refractivity contribution < 1.29 is 4.79 Å². The Kier molecular flexibility index (Phi) is 4.38. The molecule has 1 aromatic carbocycles. The molecule has 0 atom stereocenters. The van der Waals surface area contributed by atoms with E-state index in [1.54, 1.807) is 0 Å². The van der Waals surface area contributed by atoms with Gasteiger partial charge in [-0.3, -0.25) is 4.79 Å². The Morgan fingerprint density at radius 2 is 2.22 bits per heavy atom. The Morgan fingerprint density at radius 3 is 2.78 bits per heavy atom. The Balaban J connectivity index is 2.01. The maximum Gasteiger partial charge on any atom is 0.252 e. The summed E-state index contributed by atoms with van der Waals surface area (Å²) in [5.41, 5.74) is 1.83. The van der Waals surface area contributed by atoms with Crippen molar-refractivity contribution in [2.75, 3.05) is 12.8 Å². The monoisotopic (exact) mass is 327 g/mol. The largest absolute Gasteiger partial charge is 0.351 e. The first-order valence-electron chi connectivity index (χ1n) is 6.16. The Hall–Kier alpha value is -0.480. The topological polar surface area (TPSA) is 29.1 Å². The molecule has 0 bridgehead atoms. The fourth-order valence-electron chi connectivity index (χ4n) is 2.17. The van der Waals surface area contributed by atoms with Crippen molar-refractivity contribution in [1.29, 1.82) is 0 Å². The highest BCUT2D eigenvalue weighted by molar-refractivity contribution is 9.10. The zero-order valence-corrected chi connectivity index (χ0v) is 13.2. The van der Waals surface area contributed by atoms with Gasteiger partial charge in [-0.2, -0.15) is 11.8 Å². The van der Waals surface area contributed by atoms with Crippen LogP contribution in [0.4, 0.5) is 0 Å². The molecule has 0 spiro atoms. The lowest BCUT2D eigenvalue weighted by Gasteiger charge is -2.40. The number of rotatable bonds is 4.